The van der Waals surface area contributed by atoms with Gasteiger partial charge in [-0.2, -0.15) is 0 Å². The maximum absolute atomic E-state index is 14.4. The molecule has 2 amide bonds. The number of anilines is 1. The van der Waals surface area contributed by atoms with Crippen LogP contribution in [0, 0.1) is 5.82 Å². The molecule has 0 saturated carbocycles. The van der Waals surface area contributed by atoms with Gasteiger partial charge in [0.15, 0.2) is 23.0 Å². The summed E-state index contributed by atoms with van der Waals surface area (Å²) in [4.78, 5) is 30.1. The molecule has 1 aliphatic rings. The second-order valence-corrected chi connectivity index (χ2v) is 10.3. The SMILES string of the molecule is COc1cc([C@H](C(=O)Nc2ccc3c(c2)OCO3)N(Cc2ccc(F)cc2)C(=O)Cn2nnc3ccccc32)cc(OC)c1OC. The number of aromatic nitrogens is 3. The van der Waals surface area contributed by atoms with Gasteiger partial charge >= 0.3 is 0 Å². The van der Waals surface area contributed by atoms with Crippen molar-refractivity contribution in [1.82, 2.24) is 19.9 Å². The molecular formula is C33H30FN5O7. The summed E-state index contributed by atoms with van der Waals surface area (Å²) in [5.41, 5.74) is 2.63. The van der Waals surface area contributed by atoms with Crippen molar-refractivity contribution in [3.63, 3.8) is 0 Å². The molecule has 0 spiro atoms. The molecular weight excluding hydrogens is 597 g/mol. The largest absolute Gasteiger partial charge is 0.493 e. The molecule has 4 aromatic carbocycles. The molecule has 0 aliphatic carbocycles. The lowest BCUT2D eigenvalue weighted by molar-refractivity contribution is -0.140. The van der Waals surface area contributed by atoms with Crippen LogP contribution in [0.2, 0.25) is 0 Å². The van der Waals surface area contributed by atoms with Gasteiger partial charge < -0.3 is 33.9 Å². The van der Waals surface area contributed by atoms with Crippen LogP contribution in [0.4, 0.5) is 10.1 Å². The second-order valence-electron chi connectivity index (χ2n) is 10.3. The van der Waals surface area contributed by atoms with Gasteiger partial charge in [0.1, 0.15) is 23.9 Å². The normalized spacial score (nSPS) is 12.4. The third kappa shape index (κ3) is 6.07. The number of carbonyl (C=O) groups is 2. The molecule has 5 aromatic rings. The Hall–Kier alpha value is -5.85. The molecule has 236 valence electrons. The molecule has 0 unspecified atom stereocenters. The van der Waals surface area contributed by atoms with Crippen LogP contribution in [-0.2, 0) is 22.7 Å². The number of para-hydroxylation sites is 1. The minimum Gasteiger partial charge on any atom is -0.493 e. The highest BCUT2D eigenvalue weighted by Gasteiger charge is 2.34. The summed E-state index contributed by atoms with van der Waals surface area (Å²) < 4.78 is 42.9. The fraction of sp³-hybridized carbons (Fsp3) is 0.212. The first kappa shape index (κ1) is 30.2. The molecule has 0 radical (unpaired) electrons. The number of hydrogen-bond donors (Lipinski definition) is 1. The fourth-order valence-electron chi connectivity index (χ4n) is 5.28. The summed E-state index contributed by atoms with van der Waals surface area (Å²) in [5, 5.41) is 11.3. The first-order valence-electron chi connectivity index (χ1n) is 14.2. The van der Waals surface area contributed by atoms with E-state index in [1.165, 1.54) is 43.0 Å². The van der Waals surface area contributed by atoms with Crippen LogP contribution in [0.5, 0.6) is 28.7 Å². The highest BCUT2D eigenvalue weighted by molar-refractivity contribution is 5.98. The number of halogens is 1. The number of nitrogens with zero attached hydrogens (tertiary/aromatic N) is 4. The van der Waals surface area contributed by atoms with E-state index in [2.05, 4.69) is 15.6 Å². The Bertz CT molecular complexity index is 1870. The minimum absolute atomic E-state index is 0.0539. The highest BCUT2D eigenvalue weighted by atomic mass is 19.1. The van der Waals surface area contributed by atoms with E-state index in [9.17, 15) is 14.0 Å². The van der Waals surface area contributed by atoms with Gasteiger partial charge in [0.05, 0.1) is 26.8 Å². The predicted octanol–water partition coefficient (Wildman–Crippen LogP) is 4.73. The molecule has 0 saturated heterocycles. The van der Waals surface area contributed by atoms with Crippen LogP contribution in [-0.4, -0.2) is 59.8 Å². The van der Waals surface area contributed by atoms with E-state index in [4.69, 9.17) is 23.7 Å². The Balaban J connectivity index is 1.46. The number of ether oxygens (including phenoxy) is 5. The standard InChI is InChI=1S/C33H30FN5O7/c1-42-28-14-21(15-29(43-2)32(28)44-3)31(33(41)35-23-12-13-26-27(16-23)46-19-45-26)38(17-20-8-10-22(34)11-9-20)30(40)18-39-25-7-5-4-6-24(25)36-37-39/h4-16,31H,17-19H2,1-3H3,(H,35,41)/t31-/m1/s1. The average Bonchev–Trinajstić information content (AvgIpc) is 3.71. The van der Waals surface area contributed by atoms with Crippen molar-refractivity contribution in [2.75, 3.05) is 33.4 Å². The van der Waals surface area contributed by atoms with Crippen molar-refractivity contribution in [2.45, 2.75) is 19.1 Å². The van der Waals surface area contributed by atoms with Gasteiger partial charge in [-0.05, 0) is 59.7 Å². The minimum atomic E-state index is -1.24. The average molecular weight is 628 g/mol. The Kier molecular flexibility index (Phi) is 8.55. The molecule has 13 heteroatoms. The number of hydrogen-bond acceptors (Lipinski definition) is 9. The molecule has 6 rings (SSSR count). The second kappa shape index (κ2) is 13.0. The lowest BCUT2D eigenvalue weighted by Gasteiger charge is -2.32. The third-order valence-corrected chi connectivity index (χ3v) is 7.49. The zero-order valence-electron chi connectivity index (χ0n) is 25.2. The summed E-state index contributed by atoms with van der Waals surface area (Å²) in [6, 6.07) is 19.9. The molecule has 2 heterocycles. The van der Waals surface area contributed by atoms with E-state index in [1.54, 1.807) is 54.6 Å². The van der Waals surface area contributed by atoms with Crippen LogP contribution in [0.1, 0.15) is 17.2 Å². The number of nitrogens with one attached hydrogen (secondary N) is 1. The van der Waals surface area contributed by atoms with Crippen molar-refractivity contribution in [1.29, 1.82) is 0 Å². The van der Waals surface area contributed by atoms with Crippen molar-refractivity contribution in [2.24, 2.45) is 0 Å². The molecule has 46 heavy (non-hydrogen) atoms. The maximum Gasteiger partial charge on any atom is 0.251 e. The van der Waals surface area contributed by atoms with Gasteiger partial charge in [-0.15, -0.1) is 5.10 Å². The smallest absolute Gasteiger partial charge is 0.251 e. The maximum atomic E-state index is 14.4. The number of amides is 2. The van der Waals surface area contributed by atoms with E-state index >= 15 is 0 Å². The number of rotatable bonds is 11. The summed E-state index contributed by atoms with van der Waals surface area (Å²) in [6.07, 6.45) is 0. The van der Waals surface area contributed by atoms with Crippen molar-refractivity contribution >= 4 is 28.5 Å². The van der Waals surface area contributed by atoms with Crippen LogP contribution < -0.4 is 29.0 Å². The number of carbonyl (C=O) groups excluding carboxylic acids is 2. The van der Waals surface area contributed by atoms with Crippen molar-refractivity contribution < 1.29 is 37.7 Å². The van der Waals surface area contributed by atoms with E-state index in [1.807, 2.05) is 12.1 Å². The molecule has 0 fully saturated rings. The van der Waals surface area contributed by atoms with Gasteiger partial charge in [-0.25, -0.2) is 9.07 Å². The lowest BCUT2D eigenvalue weighted by Crippen LogP contribution is -2.42. The van der Waals surface area contributed by atoms with Gasteiger partial charge in [-0.3, -0.25) is 9.59 Å². The van der Waals surface area contributed by atoms with Gasteiger partial charge in [0.25, 0.3) is 5.91 Å². The fourth-order valence-corrected chi connectivity index (χ4v) is 5.28. The van der Waals surface area contributed by atoms with Gasteiger partial charge in [0, 0.05) is 18.3 Å². The Morgan fingerprint density at radius 3 is 2.37 bits per heavy atom. The topological polar surface area (TPSA) is 126 Å². The summed E-state index contributed by atoms with van der Waals surface area (Å²) in [5.74, 6) is 0.466. The van der Waals surface area contributed by atoms with Crippen molar-refractivity contribution in [3.05, 3.63) is 95.8 Å². The monoisotopic (exact) mass is 627 g/mol. The van der Waals surface area contributed by atoms with Crippen molar-refractivity contribution in [3.8, 4) is 28.7 Å². The quantitative estimate of drug-likeness (QED) is 0.221. The third-order valence-electron chi connectivity index (χ3n) is 7.49. The molecule has 1 aliphatic heterocycles. The van der Waals surface area contributed by atoms with E-state index in [-0.39, 0.29) is 31.4 Å². The predicted molar refractivity (Wildman–Crippen MR) is 165 cm³/mol. The molecule has 1 atom stereocenters. The number of benzene rings is 4. The van der Waals surface area contributed by atoms with E-state index in [0.717, 1.165) is 0 Å². The van der Waals surface area contributed by atoms with Crippen LogP contribution in [0.3, 0.4) is 0 Å². The summed E-state index contributed by atoms with van der Waals surface area (Å²) in [7, 11) is 4.39. The molecule has 12 nitrogen and oxygen atoms in total. The first-order valence-corrected chi connectivity index (χ1v) is 14.2. The first-order chi connectivity index (χ1) is 22.4. The zero-order valence-corrected chi connectivity index (χ0v) is 25.2. The van der Waals surface area contributed by atoms with E-state index in [0.29, 0.717) is 45.1 Å². The van der Waals surface area contributed by atoms with Crippen LogP contribution in [0.25, 0.3) is 11.0 Å². The molecule has 0 bridgehead atoms. The summed E-state index contributed by atoms with van der Waals surface area (Å²) >= 11 is 0. The molecule has 1 aromatic heterocycles. The molecule has 1 N–H and O–H groups in total. The summed E-state index contributed by atoms with van der Waals surface area (Å²) in [6.45, 7) is -0.223. The highest BCUT2D eigenvalue weighted by Crippen LogP contribution is 2.42. The van der Waals surface area contributed by atoms with Crippen LogP contribution >= 0.6 is 0 Å². The number of methoxy groups -OCH3 is 3. The van der Waals surface area contributed by atoms with E-state index < -0.39 is 23.7 Å². The number of fused-ring (bicyclic) bond motifs is 2. The zero-order chi connectivity index (χ0) is 32.2. The lowest BCUT2D eigenvalue weighted by atomic mass is 10.0. The Labute approximate surface area is 263 Å². The Morgan fingerprint density at radius 1 is 0.935 bits per heavy atom. The van der Waals surface area contributed by atoms with Gasteiger partial charge in [-0.1, -0.05) is 29.5 Å². The Morgan fingerprint density at radius 2 is 1.65 bits per heavy atom. The van der Waals surface area contributed by atoms with Crippen LogP contribution in [0.15, 0.2) is 78.9 Å². The van der Waals surface area contributed by atoms with Gasteiger partial charge in [0.2, 0.25) is 18.4 Å².